The van der Waals surface area contributed by atoms with Crippen molar-refractivity contribution in [3.8, 4) is 0 Å². The number of carbonyl (C=O) groups is 1. The van der Waals surface area contributed by atoms with Crippen LogP contribution in [-0.4, -0.2) is 35.1 Å². The molecule has 1 aliphatic carbocycles. The van der Waals surface area contributed by atoms with Gasteiger partial charge in [0, 0.05) is 0 Å². The van der Waals surface area contributed by atoms with E-state index in [9.17, 15) is 9.90 Å². The molecule has 1 fully saturated rings. The van der Waals surface area contributed by atoms with Crippen molar-refractivity contribution in [3.63, 3.8) is 0 Å². The van der Waals surface area contributed by atoms with Gasteiger partial charge >= 0.3 is 6.09 Å². The third-order valence-corrected chi connectivity index (χ3v) is 5.07. The Labute approximate surface area is 157 Å². The van der Waals surface area contributed by atoms with E-state index < -0.39 is 23.8 Å². The zero-order valence-corrected chi connectivity index (χ0v) is 16.6. The van der Waals surface area contributed by atoms with Gasteiger partial charge in [-0.2, -0.15) is 0 Å². The SMILES string of the molecule is CC[C@H]1C[C@H](O)[C@H](NC(=O)OC(C)(C)C)[C@@H](OCc2ccccc2)[C@@H]1C. The van der Waals surface area contributed by atoms with E-state index in [-0.39, 0.29) is 12.0 Å². The quantitative estimate of drug-likeness (QED) is 0.833. The van der Waals surface area contributed by atoms with Gasteiger partial charge in [0.2, 0.25) is 0 Å². The normalized spacial score (nSPS) is 29.2. The van der Waals surface area contributed by atoms with E-state index in [1.54, 1.807) is 0 Å². The Hall–Kier alpha value is -1.59. The molecule has 1 aromatic carbocycles. The molecule has 5 atom stereocenters. The monoisotopic (exact) mass is 363 g/mol. The molecule has 0 radical (unpaired) electrons. The molecule has 1 aliphatic rings. The van der Waals surface area contributed by atoms with Gasteiger partial charge in [0.05, 0.1) is 24.9 Å². The zero-order chi connectivity index (χ0) is 19.3. The summed E-state index contributed by atoms with van der Waals surface area (Å²) in [5.41, 5.74) is 0.491. The summed E-state index contributed by atoms with van der Waals surface area (Å²) in [5, 5.41) is 13.5. The van der Waals surface area contributed by atoms with Crippen molar-refractivity contribution in [2.75, 3.05) is 0 Å². The number of nitrogens with one attached hydrogen (secondary N) is 1. The Kier molecular flexibility index (Phi) is 7.07. The molecule has 0 saturated heterocycles. The number of carbonyl (C=O) groups excluding carboxylic acids is 1. The van der Waals surface area contributed by atoms with Crippen LogP contribution < -0.4 is 5.32 Å². The van der Waals surface area contributed by atoms with Crippen LogP contribution in [0.4, 0.5) is 4.79 Å². The van der Waals surface area contributed by atoms with Gasteiger partial charge in [0.15, 0.2) is 0 Å². The summed E-state index contributed by atoms with van der Waals surface area (Å²) in [6.45, 7) is 10.2. The minimum absolute atomic E-state index is 0.229. The first-order valence-electron chi connectivity index (χ1n) is 9.54. The highest BCUT2D eigenvalue weighted by molar-refractivity contribution is 5.68. The molecule has 0 unspecified atom stereocenters. The molecular formula is C21H33NO4. The summed E-state index contributed by atoms with van der Waals surface area (Å²) in [6, 6.07) is 9.46. The molecule has 1 saturated carbocycles. The van der Waals surface area contributed by atoms with Crippen LogP contribution in [-0.2, 0) is 16.1 Å². The van der Waals surface area contributed by atoms with Crippen LogP contribution in [0.1, 0.15) is 53.0 Å². The fourth-order valence-corrected chi connectivity index (χ4v) is 3.67. The Morgan fingerprint density at radius 3 is 2.50 bits per heavy atom. The Bertz CT molecular complexity index is 569. The molecule has 0 bridgehead atoms. The zero-order valence-electron chi connectivity index (χ0n) is 16.6. The van der Waals surface area contributed by atoms with Crippen molar-refractivity contribution >= 4 is 6.09 Å². The van der Waals surface area contributed by atoms with Crippen LogP contribution in [0.5, 0.6) is 0 Å². The van der Waals surface area contributed by atoms with Crippen LogP contribution in [0, 0.1) is 11.8 Å². The molecule has 1 aromatic rings. The van der Waals surface area contributed by atoms with E-state index in [0.29, 0.717) is 18.9 Å². The third kappa shape index (κ3) is 5.71. The van der Waals surface area contributed by atoms with E-state index in [1.807, 2.05) is 51.1 Å². The lowest BCUT2D eigenvalue weighted by atomic mass is 9.73. The van der Waals surface area contributed by atoms with Crippen molar-refractivity contribution in [2.24, 2.45) is 11.8 Å². The summed E-state index contributed by atoms with van der Waals surface area (Å²) in [7, 11) is 0. The summed E-state index contributed by atoms with van der Waals surface area (Å²) in [5.74, 6) is 0.592. The maximum Gasteiger partial charge on any atom is 0.408 e. The predicted octanol–water partition coefficient (Wildman–Crippen LogP) is 3.89. The fraction of sp³-hybridized carbons (Fsp3) is 0.667. The molecule has 2 N–H and O–H groups in total. The van der Waals surface area contributed by atoms with Gasteiger partial charge in [-0.15, -0.1) is 0 Å². The smallest absolute Gasteiger partial charge is 0.408 e. The Morgan fingerprint density at radius 2 is 1.92 bits per heavy atom. The van der Waals surface area contributed by atoms with Crippen molar-refractivity contribution in [3.05, 3.63) is 35.9 Å². The molecule has 0 aliphatic heterocycles. The lowest BCUT2D eigenvalue weighted by molar-refractivity contribution is -0.0998. The van der Waals surface area contributed by atoms with Crippen molar-refractivity contribution < 1.29 is 19.4 Å². The number of ether oxygens (including phenoxy) is 2. The largest absolute Gasteiger partial charge is 0.444 e. The van der Waals surface area contributed by atoms with Crippen LogP contribution in [0.25, 0.3) is 0 Å². The Morgan fingerprint density at radius 1 is 1.27 bits per heavy atom. The lowest BCUT2D eigenvalue weighted by Crippen LogP contribution is -2.59. The van der Waals surface area contributed by atoms with Crippen LogP contribution in [0.3, 0.4) is 0 Å². The second kappa shape index (κ2) is 8.87. The van der Waals surface area contributed by atoms with Gasteiger partial charge in [-0.05, 0) is 44.6 Å². The van der Waals surface area contributed by atoms with Crippen molar-refractivity contribution in [2.45, 2.75) is 77.9 Å². The minimum atomic E-state index is -0.649. The number of aliphatic hydroxyl groups is 1. The number of hydrogen-bond acceptors (Lipinski definition) is 4. The lowest BCUT2D eigenvalue weighted by Gasteiger charge is -2.44. The molecule has 0 aromatic heterocycles. The highest BCUT2D eigenvalue weighted by Gasteiger charge is 2.43. The second-order valence-corrected chi connectivity index (χ2v) is 8.26. The number of hydrogen-bond donors (Lipinski definition) is 2. The minimum Gasteiger partial charge on any atom is -0.444 e. The third-order valence-electron chi connectivity index (χ3n) is 5.07. The van der Waals surface area contributed by atoms with Gasteiger partial charge in [-0.25, -0.2) is 4.79 Å². The maximum atomic E-state index is 12.2. The molecule has 5 nitrogen and oxygen atoms in total. The molecule has 0 spiro atoms. The van der Waals surface area contributed by atoms with Crippen molar-refractivity contribution in [1.29, 1.82) is 0 Å². The first kappa shape index (κ1) is 20.7. The molecular weight excluding hydrogens is 330 g/mol. The van der Waals surface area contributed by atoms with Crippen molar-refractivity contribution in [1.82, 2.24) is 5.32 Å². The maximum absolute atomic E-state index is 12.2. The van der Waals surface area contributed by atoms with Gasteiger partial charge in [-0.1, -0.05) is 50.6 Å². The van der Waals surface area contributed by atoms with Gasteiger partial charge in [0.1, 0.15) is 5.60 Å². The van der Waals surface area contributed by atoms with E-state index >= 15 is 0 Å². The molecule has 26 heavy (non-hydrogen) atoms. The molecule has 1 amide bonds. The number of benzene rings is 1. The molecule has 0 heterocycles. The standard InChI is InChI=1S/C21H33NO4/c1-6-16-12-17(23)18(22-20(24)26-21(3,4)5)19(14(16)2)25-13-15-10-8-7-9-11-15/h7-11,14,16-19,23H,6,12-13H2,1-5H3,(H,22,24)/t14-,16+,17+,18+,19+/m1/s1. The predicted molar refractivity (Wildman–Crippen MR) is 102 cm³/mol. The highest BCUT2D eigenvalue weighted by Crippen LogP contribution is 2.35. The van der Waals surface area contributed by atoms with E-state index in [2.05, 4.69) is 19.2 Å². The molecule has 146 valence electrons. The van der Waals surface area contributed by atoms with Crippen LogP contribution in [0.2, 0.25) is 0 Å². The first-order chi connectivity index (χ1) is 12.2. The highest BCUT2D eigenvalue weighted by atomic mass is 16.6. The number of alkyl carbamates (subject to hydrolysis) is 1. The molecule has 2 rings (SSSR count). The summed E-state index contributed by atoms with van der Waals surface area (Å²) in [4.78, 5) is 12.2. The van der Waals surface area contributed by atoms with Gasteiger partial charge < -0.3 is 19.9 Å². The topological polar surface area (TPSA) is 67.8 Å². The van der Waals surface area contributed by atoms with E-state index in [1.165, 1.54) is 0 Å². The number of aliphatic hydroxyl groups excluding tert-OH is 1. The first-order valence-corrected chi connectivity index (χ1v) is 9.54. The Balaban J connectivity index is 2.11. The summed E-state index contributed by atoms with van der Waals surface area (Å²) >= 11 is 0. The average molecular weight is 363 g/mol. The van der Waals surface area contributed by atoms with E-state index in [0.717, 1.165) is 12.0 Å². The summed E-state index contributed by atoms with van der Waals surface area (Å²) in [6.07, 6.45) is 0.198. The van der Waals surface area contributed by atoms with E-state index in [4.69, 9.17) is 9.47 Å². The van der Waals surface area contributed by atoms with Crippen LogP contribution >= 0.6 is 0 Å². The fourth-order valence-electron chi connectivity index (χ4n) is 3.67. The average Bonchev–Trinajstić information content (AvgIpc) is 2.56. The number of amides is 1. The molecule has 5 heteroatoms. The summed E-state index contributed by atoms with van der Waals surface area (Å²) < 4.78 is 11.6. The second-order valence-electron chi connectivity index (χ2n) is 8.26. The van der Waals surface area contributed by atoms with Crippen LogP contribution in [0.15, 0.2) is 30.3 Å². The van der Waals surface area contributed by atoms with Gasteiger partial charge in [-0.3, -0.25) is 0 Å². The van der Waals surface area contributed by atoms with Gasteiger partial charge in [0.25, 0.3) is 0 Å². The number of rotatable bonds is 5.